The van der Waals surface area contributed by atoms with Gasteiger partial charge in [-0.1, -0.05) is 12.1 Å². The minimum Gasteiger partial charge on any atom is -0.338 e. The van der Waals surface area contributed by atoms with Crippen LogP contribution in [0.1, 0.15) is 29.2 Å². The molecule has 25 heavy (non-hydrogen) atoms. The number of fused-ring (bicyclic) bond motifs is 1. The van der Waals surface area contributed by atoms with Gasteiger partial charge in [-0.2, -0.15) is 0 Å². The Hall–Kier alpha value is -2.82. The highest BCUT2D eigenvalue weighted by Gasteiger charge is 2.18. The van der Waals surface area contributed by atoms with Crippen LogP contribution in [-0.4, -0.2) is 23.4 Å². The lowest BCUT2D eigenvalue weighted by Crippen LogP contribution is -2.34. The third-order valence-corrected chi connectivity index (χ3v) is 4.69. The molecule has 130 valence electrons. The Morgan fingerprint density at radius 1 is 0.920 bits per heavy atom. The minimum atomic E-state index is -0.276. The second-order valence-corrected chi connectivity index (χ2v) is 6.55. The van der Waals surface area contributed by atoms with Crippen LogP contribution in [0.3, 0.4) is 0 Å². The molecule has 0 saturated carbocycles. The van der Waals surface area contributed by atoms with E-state index >= 15 is 0 Å². The number of amides is 3. The number of carbonyl (C=O) groups is 2. The van der Waals surface area contributed by atoms with Gasteiger partial charge in [-0.15, -0.1) is 0 Å². The molecule has 0 aliphatic carbocycles. The third-order valence-electron chi connectivity index (χ3n) is 4.69. The van der Waals surface area contributed by atoms with Crippen LogP contribution in [0, 0.1) is 13.8 Å². The monoisotopic (exact) mass is 337 g/mol. The van der Waals surface area contributed by atoms with Crippen molar-refractivity contribution in [1.82, 2.24) is 4.90 Å². The Kier molecular flexibility index (Phi) is 4.74. The van der Waals surface area contributed by atoms with Gasteiger partial charge in [-0.25, -0.2) is 4.79 Å². The number of nitrogens with zero attached hydrogens (tertiary/aromatic N) is 1. The smallest absolute Gasteiger partial charge is 0.323 e. The van der Waals surface area contributed by atoms with E-state index in [-0.39, 0.29) is 11.9 Å². The quantitative estimate of drug-likeness (QED) is 0.874. The highest BCUT2D eigenvalue weighted by Crippen LogP contribution is 2.23. The van der Waals surface area contributed by atoms with Crippen LogP contribution >= 0.6 is 0 Å². The largest absolute Gasteiger partial charge is 0.338 e. The molecule has 1 heterocycles. The summed E-state index contributed by atoms with van der Waals surface area (Å²) < 4.78 is 0. The molecule has 2 N–H and O–H groups in total. The van der Waals surface area contributed by atoms with Crippen molar-refractivity contribution in [2.24, 2.45) is 0 Å². The molecule has 1 aliphatic rings. The molecule has 0 fully saturated rings. The van der Waals surface area contributed by atoms with Gasteiger partial charge in [0, 0.05) is 31.4 Å². The Morgan fingerprint density at radius 2 is 1.60 bits per heavy atom. The summed E-state index contributed by atoms with van der Waals surface area (Å²) in [6.45, 7) is 6.99. The fourth-order valence-corrected chi connectivity index (χ4v) is 3.02. The summed E-state index contributed by atoms with van der Waals surface area (Å²) in [4.78, 5) is 25.6. The summed E-state index contributed by atoms with van der Waals surface area (Å²) in [6, 6.07) is 11.4. The summed E-state index contributed by atoms with van der Waals surface area (Å²) in [5, 5.41) is 5.72. The maximum atomic E-state index is 12.2. The number of aryl methyl sites for hydroxylation is 2. The van der Waals surface area contributed by atoms with Gasteiger partial charge in [-0.3, -0.25) is 4.79 Å². The third kappa shape index (κ3) is 3.99. The van der Waals surface area contributed by atoms with E-state index in [4.69, 9.17) is 0 Å². The first-order chi connectivity index (χ1) is 11.9. The van der Waals surface area contributed by atoms with Crippen molar-refractivity contribution in [2.45, 2.75) is 33.7 Å². The van der Waals surface area contributed by atoms with Crippen LogP contribution in [-0.2, 0) is 17.8 Å². The van der Waals surface area contributed by atoms with Gasteiger partial charge in [0.2, 0.25) is 5.91 Å². The van der Waals surface area contributed by atoms with E-state index in [1.165, 1.54) is 11.1 Å². The van der Waals surface area contributed by atoms with E-state index in [9.17, 15) is 9.59 Å². The second-order valence-electron chi connectivity index (χ2n) is 6.55. The number of nitrogens with one attached hydrogen (secondary N) is 2. The van der Waals surface area contributed by atoms with Crippen LogP contribution in [0.4, 0.5) is 16.2 Å². The first kappa shape index (κ1) is 17.0. The summed E-state index contributed by atoms with van der Waals surface area (Å²) in [6.07, 6.45) is 0.851. The molecule has 5 heteroatoms. The van der Waals surface area contributed by atoms with Crippen molar-refractivity contribution in [3.63, 3.8) is 0 Å². The average molecular weight is 337 g/mol. The molecule has 0 aromatic heterocycles. The van der Waals surface area contributed by atoms with Crippen molar-refractivity contribution >= 4 is 23.3 Å². The number of urea groups is 1. The molecule has 1 aliphatic heterocycles. The summed E-state index contributed by atoms with van der Waals surface area (Å²) in [5.41, 5.74) is 6.14. The molecular weight excluding hydrogens is 314 g/mol. The number of anilines is 2. The highest BCUT2D eigenvalue weighted by atomic mass is 16.2. The van der Waals surface area contributed by atoms with Crippen LogP contribution in [0.2, 0.25) is 0 Å². The van der Waals surface area contributed by atoms with Gasteiger partial charge in [0.1, 0.15) is 0 Å². The fraction of sp³-hybridized carbons (Fsp3) is 0.300. The van der Waals surface area contributed by atoms with Crippen molar-refractivity contribution in [2.75, 3.05) is 17.2 Å². The molecule has 3 amide bonds. The van der Waals surface area contributed by atoms with Crippen LogP contribution in [0.25, 0.3) is 0 Å². The van der Waals surface area contributed by atoms with Gasteiger partial charge in [-0.05, 0) is 66.8 Å². The highest BCUT2D eigenvalue weighted by molar-refractivity contribution is 5.99. The molecule has 0 radical (unpaired) electrons. The molecule has 2 aromatic rings. The zero-order chi connectivity index (χ0) is 18.0. The standard InChI is InChI=1S/C20H23N3O2/c1-13-4-6-18(10-14(13)2)21-20(25)22-19-7-5-16-8-9-23(15(3)24)12-17(16)11-19/h4-7,10-11H,8-9,12H2,1-3H3,(H2,21,22,25). The number of hydrogen-bond acceptors (Lipinski definition) is 2. The predicted molar refractivity (Wildman–Crippen MR) is 99.8 cm³/mol. The lowest BCUT2D eigenvalue weighted by molar-refractivity contribution is -0.129. The zero-order valence-electron chi connectivity index (χ0n) is 14.8. The molecule has 0 bridgehead atoms. The first-order valence-corrected chi connectivity index (χ1v) is 8.45. The maximum Gasteiger partial charge on any atom is 0.323 e. The van der Waals surface area contributed by atoms with Crippen LogP contribution < -0.4 is 10.6 Å². The van der Waals surface area contributed by atoms with E-state index in [1.807, 2.05) is 55.1 Å². The Bertz CT molecular complexity index is 830. The normalized spacial score (nSPS) is 13.2. The summed E-state index contributed by atoms with van der Waals surface area (Å²) >= 11 is 0. The maximum absolute atomic E-state index is 12.2. The van der Waals surface area contributed by atoms with Crippen molar-refractivity contribution < 1.29 is 9.59 Å². The SMILES string of the molecule is CC(=O)N1CCc2ccc(NC(=O)Nc3ccc(C)c(C)c3)cc2C1. The van der Waals surface area contributed by atoms with Crippen LogP contribution in [0.15, 0.2) is 36.4 Å². The molecule has 3 rings (SSSR count). The van der Waals surface area contributed by atoms with E-state index in [2.05, 4.69) is 10.6 Å². The molecule has 0 saturated heterocycles. The number of hydrogen-bond donors (Lipinski definition) is 2. The Balaban J connectivity index is 1.68. The van der Waals surface area contributed by atoms with E-state index in [0.717, 1.165) is 35.5 Å². The van der Waals surface area contributed by atoms with Crippen molar-refractivity contribution in [3.8, 4) is 0 Å². The van der Waals surface area contributed by atoms with Gasteiger partial charge >= 0.3 is 6.03 Å². The molecule has 0 spiro atoms. The molecule has 0 unspecified atom stereocenters. The molecular formula is C20H23N3O2. The van der Waals surface area contributed by atoms with E-state index < -0.39 is 0 Å². The van der Waals surface area contributed by atoms with E-state index in [0.29, 0.717) is 6.54 Å². The zero-order valence-corrected chi connectivity index (χ0v) is 14.8. The van der Waals surface area contributed by atoms with Gasteiger partial charge < -0.3 is 15.5 Å². The van der Waals surface area contributed by atoms with Crippen LogP contribution in [0.5, 0.6) is 0 Å². The minimum absolute atomic E-state index is 0.0801. The lowest BCUT2D eigenvalue weighted by atomic mass is 9.99. The van der Waals surface area contributed by atoms with Gasteiger partial charge in [0.05, 0.1) is 0 Å². The molecule has 0 atom stereocenters. The van der Waals surface area contributed by atoms with Gasteiger partial charge in [0.25, 0.3) is 0 Å². The topological polar surface area (TPSA) is 61.4 Å². The predicted octanol–water partition coefficient (Wildman–Crippen LogP) is 3.85. The van der Waals surface area contributed by atoms with Gasteiger partial charge in [0.15, 0.2) is 0 Å². The number of carbonyl (C=O) groups excluding carboxylic acids is 2. The molecule has 2 aromatic carbocycles. The number of rotatable bonds is 2. The Morgan fingerprint density at radius 3 is 2.28 bits per heavy atom. The van der Waals surface area contributed by atoms with Crippen molar-refractivity contribution in [3.05, 3.63) is 58.7 Å². The lowest BCUT2D eigenvalue weighted by Gasteiger charge is -2.28. The number of benzene rings is 2. The van der Waals surface area contributed by atoms with E-state index in [1.54, 1.807) is 6.92 Å². The first-order valence-electron chi connectivity index (χ1n) is 8.45. The average Bonchev–Trinajstić information content (AvgIpc) is 2.57. The second kappa shape index (κ2) is 6.97. The fourth-order valence-electron chi connectivity index (χ4n) is 3.02. The summed E-state index contributed by atoms with van der Waals surface area (Å²) in [7, 11) is 0. The molecule has 5 nitrogen and oxygen atoms in total. The van der Waals surface area contributed by atoms with Crippen molar-refractivity contribution in [1.29, 1.82) is 0 Å². The Labute approximate surface area is 148 Å². The summed E-state index contributed by atoms with van der Waals surface area (Å²) in [5.74, 6) is 0.0801.